The fraction of sp³-hybridized carbons (Fsp3) is 0.385. The third-order valence-corrected chi connectivity index (χ3v) is 7.03. The molecule has 1 fully saturated rings. The number of carbonyl (C=O) groups is 3. The number of nitrogens with one attached hydrogen (secondary N) is 1. The van der Waals surface area contributed by atoms with Crippen molar-refractivity contribution in [2.45, 2.75) is 32.0 Å². The van der Waals surface area contributed by atoms with Gasteiger partial charge in [-0.05, 0) is 54.7 Å². The molecular weight excluding hydrogens is 464 g/mol. The monoisotopic (exact) mass is 494 g/mol. The number of benzene rings is 2. The highest BCUT2D eigenvalue weighted by Gasteiger charge is 2.26. The van der Waals surface area contributed by atoms with Crippen molar-refractivity contribution in [3.05, 3.63) is 54.1 Å². The molecule has 35 heavy (non-hydrogen) atoms. The van der Waals surface area contributed by atoms with Crippen LogP contribution in [0.2, 0.25) is 0 Å². The Balaban J connectivity index is 1.44. The third-order valence-electron chi connectivity index (χ3n) is 6.06. The predicted octanol–water partition coefficient (Wildman–Crippen LogP) is 4.06. The number of hydrogen-bond acceptors (Lipinski definition) is 6. The highest BCUT2D eigenvalue weighted by molar-refractivity contribution is 7.99. The number of fused-ring (bicyclic) bond motifs is 1. The second-order valence-corrected chi connectivity index (χ2v) is 10.1. The van der Waals surface area contributed by atoms with Crippen molar-refractivity contribution in [1.82, 2.24) is 14.5 Å². The lowest BCUT2D eigenvalue weighted by atomic mass is 9.92. The summed E-state index contributed by atoms with van der Waals surface area (Å²) in [5.41, 5.74) is 2.67. The van der Waals surface area contributed by atoms with E-state index >= 15 is 0 Å². The number of piperidine rings is 1. The van der Waals surface area contributed by atoms with Crippen LogP contribution >= 0.6 is 11.8 Å². The molecule has 8 nitrogen and oxygen atoms in total. The van der Waals surface area contributed by atoms with Gasteiger partial charge < -0.3 is 19.5 Å². The van der Waals surface area contributed by atoms with Crippen LogP contribution in [0.25, 0.3) is 11.0 Å². The lowest BCUT2D eigenvalue weighted by Crippen LogP contribution is -2.44. The number of hydrogen-bond donors (Lipinski definition) is 1. The maximum atomic E-state index is 13.2. The molecule has 184 valence electrons. The van der Waals surface area contributed by atoms with Crippen molar-refractivity contribution in [2.75, 3.05) is 31.3 Å². The first-order valence-corrected chi connectivity index (χ1v) is 12.7. The van der Waals surface area contributed by atoms with Crippen molar-refractivity contribution in [1.29, 1.82) is 0 Å². The highest BCUT2D eigenvalue weighted by Crippen LogP contribution is 2.26. The summed E-state index contributed by atoms with van der Waals surface area (Å²) in [6.45, 7) is 6.11. The van der Waals surface area contributed by atoms with Gasteiger partial charge in [-0.3, -0.25) is 9.59 Å². The van der Waals surface area contributed by atoms with Crippen molar-refractivity contribution >= 4 is 46.3 Å². The summed E-state index contributed by atoms with van der Waals surface area (Å²) in [6, 6.07) is 14.2. The van der Waals surface area contributed by atoms with Gasteiger partial charge in [0.1, 0.15) is 6.54 Å². The molecule has 0 spiro atoms. The third kappa shape index (κ3) is 6.03. The van der Waals surface area contributed by atoms with Gasteiger partial charge in [0.2, 0.25) is 11.8 Å². The number of anilines is 1. The van der Waals surface area contributed by atoms with Gasteiger partial charge in [0, 0.05) is 18.8 Å². The van der Waals surface area contributed by atoms with E-state index in [0.29, 0.717) is 28.2 Å². The zero-order valence-corrected chi connectivity index (χ0v) is 21.0. The molecule has 0 bridgehead atoms. The normalized spacial score (nSPS) is 17.9. The Morgan fingerprint density at radius 3 is 2.43 bits per heavy atom. The van der Waals surface area contributed by atoms with E-state index in [9.17, 15) is 14.4 Å². The molecule has 1 N–H and O–H groups in total. The Morgan fingerprint density at radius 2 is 1.74 bits per heavy atom. The minimum absolute atomic E-state index is 0.0727. The van der Waals surface area contributed by atoms with E-state index in [0.717, 1.165) is 30.5 Å². The Bertz CT molecular complexity index is 1210. The van der Waals surface area contributed by atoms with E-state index in [1.165, 1.54) is 18.9 Å². The molecule has 0 aliphatic carbocycles. The van der Waals surface area contributed by atoms with Crippen LogP contribution in [0.3, 0.4) is 0 Å². The minimum Gasteiger partial charge on any atom is -0.465 e. The van der Waals surface area contributed by atoms with Gasteiger partial charge in [0.25, 0.3) is 0 Å². The maximum Gasteiger partial charge on any atom is 0.337 e. The quantitative estimate of drug-likeness (QED) is 0.393. The van der Waals surface area contributed by atoms with E-state index in [1.807, 2.05) is 33.7 Å². The smallest absolute Gasteiger partial charge is 0.337 e. The molecule has 2 aromatic carbocycles. The second kappa shape index (κ2) is 10.9. The summed E-state index contributed by atoms with van der Waals surface area (Å²) in [5.74, 6) is 0.546. The van der Waals surface area contributed by atoms with Crippen molar-refractivity contribution in [2.24, 2.45) is 11.8 Å². The highest BCUT2D eigenvalue weighted by atomic mass is 32.2. The molecule has 0 saturated carbocycles. The fourth-order valence-electron chi connectivity index (χ4n) is 4.55. The minimum atomic E-state index is -0.430. The number of esters is 1. The molecule has 1 saturated heterocycles. The number of carbonyl (C=O) groups excluding carboxylic acids is 3. The molecule has 2 atom stereocenters. The average Bonchev–Trinajstić information content (AvgIpc) is 3.19. The van der Waals surface area contributed by atoms with E-state index < -0.39 is 5.97 Å². The number of amides is 2. The zero-order chi connectivity index (χ0) is 24.9. The van der Waals surface area contributed by atoms with Gasteiger partial charge in [-0.2, -0.15) is 0 Å². The van der Waals surface area contributed by atoms with Gasteiger partial charge in [-0.1, -0.05) is 37.7 Å². The van der Waals surface area contributed by atoms with Crippen LogP contribution in [0.15, 0.2) is 53.7 Å². The lowest BCUT2D eigenvalue weighted by Gasteiger charge is -2.35. The van der Waals surface area contributed by atoms with E-state index in [1.54, 1.807) is 24.3 Å². The van der Waals surface area contributed by atoms with E-state index in [4.69, 9.17) is 4.74 Å². The summed E-state index contributed by atoms with van der Waals surface area (Å²) >= 11 is 1.30. The first kappa shape index (κ1) is 24.8. The molecule has 1 aliphatic heterocycles. The molecule has 9 heteroatoms. The molecule has 1 aromatic heterocycles. The summed E-state index contributed by atoms with van der Waals surface area (Å²) in [7, 11) is 1.32. The zero-order valence-electron chi connectivity index (χ0n) is 20.2. The number of para-hydroxylation sites is 2. The second-order valence-electron chi connectivity index (χ2n) is 9.12. The van der Waals surface area contributed by atoms with E-state index in [2.05, 4.69) is 24.1 Å². The van der Waals surface area contributed by atoms with Crippen LogP contribution in [0.1, 0.15) is 30.6 Å². The number of nitrogens with zero attached hydrogens (tertiary/aromatic N) is 3. The molecule has 0 radical (unpaired) electrons. The molecular formula is C26H30N4O4S. The van der Waals surface area contributed by atoms with Gasteiger partial charge in [0.05, 0.1) is 29.5 Å². The van der Waals surface area contributed by atoms with Crippen molar-refractivity contribution in [3.63, 3.8) is 0 Å². The Labute approximate surface area is 209 Å². The first-order valence-electron chi connectivity index (χ1n) is 11.7. The van der Waals surface area contributed by atoms with Crippen LogP contribution in [0.4, 0.5) is 5.69 Å². The van der Waals surface area contributed by atoms with Crippen molar-refractivity contribution in [3.8, 4) is 0 Å². The number of ether oxygens (including phenoxy) is 1. The molecule has 1 aliphatic rings. The van der Waals surface area contributed by atoms with E-state index in [-0.39, 0.29) is 24.1 Å². The summed E-state index contributed by atoms with van der Waals surface area (Å²) in [5, 5.41) is 3.46. The van der Waals surface area contributed by atoms with Crippen LogP contribution < -0.4 is 5.32 Å². The number of methoxy groups -OCH3 is 1. The molecule has 2 amide bonds. The molecule has 0 unspecified atom stereocenters. The Hall–Kier alpha value is -3.33. The van der Waals surface area contributed by atoms with Crippen LogP contribution in [0.5, 0.6) is 0 Å². The maximum absolute atomic E-state index is 13.2. The Morgan fingerprint density at radius 1 is 1.06 bits per heavy atom. The molecule has 2 heterocycles. The van der Waals surface area contributed by atoms with Gasteiger partial charge in [0.15, 0.2) is 5.16 Å². The molecule has 3 aromatic rings. The number of rotatable bonds is 7. The Kier molecular flexibility index (Phi) is 7.75. The lowest BCUT2D eigenvalue weighted by molar-refractivity contribution is -0.134. The summed E-state index contributed by atoms with van der Waals surface area (Å²) in [4.78, 5) is 44.0. The standard InChI is InChI=1S/C26H30N4O4S/c1-17-12-18(2)14-29(13-17)24(32)15-30-22-7-5-4-6-21(22)28-26(30)35-16-23(31)27-20-10-8-19(9-11-20)25(33)34-3/h4-11,17-18H,12-16H2,1-3H3,(H,27,31)/t17-,18-/m0/s1. The van der Waals surface area contributed by atoms with Crippen molar-refractivity contribution < 1.29 is 19.1 Å². The summed E-state index contributed by atoms with van der Waals surface area (Å²) < 4.78 is 6.60. The number of thioether (sulfide) groups is 1. The van der Waals surface area contributed by atoms with Gasteiger partial charge in [-0.25, -0.2) is 9.78 Å². The van der Waals surface area contributed by atoms with Gasteiger partial charge in [-0.15, -0.1) is 0 Å². The SMILES string of the molecule is COC(=O)c1ccc(NC(=O)CSc2nc3ccccc3n2CC(=O)N2C[C@@H](C)C[C@H](C)C2)cc1. The average molecular weight is 495 g/mol. The van der Waals surface area contributed by atoms with Crippen LogP contribution in [-0.2, 0) is 20.9 Å². The first-order chi connectivity index (χ1) is 16.8. The topological polar surface area (TPSA) is 93.5 Å². The largest absolute Gasteiger partial charge is 0.465 e. The van der Waals surface area contributed by atoms with Crippen LogP contribution in [0, 0.1) is 11.8 Å². The fourth-order valence-corrected chi connectivity index (χ4v) is 5.37. The molecule has 4 rings (SSSR count). The number of likely N-dealkylation sites (tertiary alicyclic amines) is 1. The number of aromatic nitrogens is 2. The van der Waals surface area contributed by atoms with Gasteiger partial charge >= 0.3 is 5.97 Å². The predicted molar refractivity (Wildman–Crippen MR) is 136 cm³/mol. The summed E-state index contributed by atoms with van der Waals surface area (Å²) in [6.07, 6.45) is 1.14. The van der Waals surface area contributed by atoms with Crippen LogP contribution in [-0.4, -0.2) is 58.2 Å². The number of imidazole rings is 1.